The Morgan fingerprint density at radius 1 is 1.38 bits per heavy atom. The number of ether oxygens (including phenoxy) is 1. The van der Waals surface area contributed by atoms with Crippen LogP contribution in [0.4, 0.5) is 13.2 Å². The fraction of sp³-hybridized carbons (Fsp3) is 0.500. The topological polar surface area (TPSA) is 50.4 Å². The van der Waals surface area contributed by atoms with Gasteiger partial charge in [0.2, 0.25) is 5.91 Å². The van der Waals surface area contributed by atoms with Gasteiger partial charge >= 0.3 is 6.36 Å². The summed E-state index contributed by atoms with van der Waals surface area (Å²) in [6, 6.07) is 5.11. The molecule has 1 fully saturated rings. The lowest BCUT2D eigenvalue weighted by atomic mass is 10.0. The number of nitrogens with one attached hydrogen (secondary N) is 2. The van der Waals surface area contributed by atoms with E-state index in [0.29, 0.717) is 18.5 Å². The third-order valence-corrected chi connectivity index (χ3v) is 3.35. The first-order valence-electron chi connectivity index (χ1n) is 6.75. The van der Waals surface area contributed by atoms with Crippen LogP contribution in [0, 0.1) is 0 Å². The first kappa shape index (κ1) is 15.6. The Kier molecular flexibility index (Phi) is 4.72. The lowest BCUT2D eigenvalue weighted by Gasteiger charge is -2.27. The largest absolute Gasteiger partial charge is 0.573 e. The second-order valence-electron chi connectivity index (χ2n) is 4.96. The minimum absolute atomic E-state index is 0.123. The van der Waals surface area contributed by atoms with Crippen LogP contribution < -0.4 is 15.4 Å². The van der Waals surface area contributed by atoms with E-state index in [-0.39, 0.29) is 11.7 Å². The van der Waals surface area contributed by atoms with Gasteiger partial charge in [0.25, 0.3) is 0 Å². The molecule has 21 heavy (non-hydrogen) atoms. The van der Waals surface area contributed by atoms with Gasteiger partial charge < -0.3 is 10.1 Å². The number of amides is 1. The lowest BCUT2D eigenvalue weighted by molar-refractivity contribution is -0.275. The molecule has 2 atom stereocenters. The summed E-state index contributed by atoms with van der Waals surface area (Å²) in [5.74, 6) is -0.372. The predicted molar refractivity (Wildman–Crippen MR) is 70.7 cm³/mol. The Bertz CT molecular complexity index is 505. The van der Waals surface area contributed by atoms with Gasteiger partial charge in [0, 0.05) is 18.2 Å². The van der Waals surface area contributed by atoms with Gasteiger partial charge in [-0.2, -0.15) is 0 Å². The number of benzene rings is 1. The first-order chi connectivity index (χ1) is 9.87. The molecule has 2 N–H and O–H groups in total. The normalized spacial score (nSPS) is 20.8. The number of piperidine rings is 1. The molecule has 0 aromatic heterocycles. The quantitative estimate of drug-likeness (QED) is 0.898. The van der Waals surface area contributed by atoms with Crippen LogP contribution in [0.25, 0.3) is 0 Å². The number of para-hydroxylation sites is 1. The molecule has 7 heteroatoms. The van der Waals surface area contributed by atoms with E-state index in [1.165, 1.54) is 12.1 Å². The fourth-order valence-corrected chi connectivity index (χ4v) is 2.38. The summed E-state index contributed by atoms with van der Waals surface area (Å²) in [7, 11) is 0. The van der Waals surface area contributed by atoms with Crippen LogP contribution in [0.15, 0.2) is 24.3 Å². The minimum Gasteiger partial charge on any atom is -0.405 e. The zero-order valence-corrected chi connectivity index (χ0v) is 11.5. The number of hydrogen-bond donors (Lipinski definition) is 2. The summed E-state index contributed by atoms with van der Waals surface area (Å²) in [4.78, 5) is 11.7. The maximum Gasteiger partial charge on any atom is 0.573 e. The van der Waals surface area contributed by atoms with Crippen molar-refractivity contribution in [1.82, 2.24) is 10.6 Å². The molecule has 1 aromatic carbocycles. The first-order valence-corrected chi connectivity index (χ1v) is 6.75. The van der Waals surface area contributed by atoms with Crippen LogP contribution in [0.5, 0.6) is 5.75 Å². The van der Waals surface area contributed by atoms with E-state index in [9.17, 15) is 18.0 Å². The Balaban J connectivity index is 2.11. The molecule has 0 aliphatic carbocycles. The van der Waals surface area contributed by atoms with Crippen LogP contribution >= 0.6 is 0 Å². The second-order valence-corrected chi connectivity index (χ2v) is 4.96. The zero-order chi connectivity index (χ0) is 15.5. The van der Waals surface area contributed by atoms with Crippen molar-refractivity contribution in [2.75, 3.05) is 6.54 Å². The summed E-state index contributed by atoms with van der Waals surface area (Å²) in [5.41, 5.74) is 0.369. The number of hydrogen-bond acceptors (Lipinski definition) is 3. The Morgan fingerprint density at radius 3 is 2.76 bits per heavy atom. The van der Waals surface area contributed by atoms with E-state index >= 15 is 0 Å². The number of carbonyl (C=O) groups is 1. The van der Waals surface area contributed by atoms with Gasteiger partial charge in [-0.05, 0) is 25.8 Å². The third-order valence-electron chi connectivity index (χ3n) is 3.35. The van der Waals surface area contributed by atoms with Crippen LogP contribution in [-0.4, -0.2) is 24.9 Å². The summed E-state index contributed by atoms with van der Waals surface area (Å²) in [6.45, 7) is 2.35. The molecular weight excluding hydrogens is 285 g/mol. The molecule has 4 nitrogen and oxygen atoms in total. The number of carbonyl (C=O) groups excluding carboxylic acids is 1. The van der Waals surface area contributed by atoms with E-state index in [1.807, 2.05) is 0 Å². The highest BCUT2D eigenvalue weighted by Crippen LogP contribution is 2.30. The van der Waals surface area contributed by atoms with Crippen molar-refractivity contribution in [3.05, 3.63) is 29.8 Å². The molecule has 0 spiro atoms. The summed E-state index contributed by atoms with van der Waals surface area (Å²) < 4.78 is 41.2. The molecule has 1 heterocycles. The van der Waals surface area contributed by atoms with E-state index in [0.717, 1.165) is 6.42 Å². The highest BCUT2D eigenvalue weighted by atomic mass is 19.4. The molecule has 2 rings (SSSR count). The maximum absolute atomic E-state index is 12.4. The van der Waals surface area contributed by atoms with E-state index in [4.69, 9.17) is 0 Å². The van der Waals surface area contributed by atoms with Crippen molar-refractivity contribution < 1.29 is 22.7 Å². The summed E-state index contributed by atoms with van der Waals surface area (Å²) in [6.07, 6.45) is -3.23. The average Bonchev–Trinajstić information content (AvgIpc) is 2.40. The molecule has 0 radical (unpaired) electrons. The Hall–Kier alpha value is -1.76. The Morgan fingerprint density at radius 2 is 2.10 bits per heavy atom. The molecule has 1 saturated heterocycles. The lowest BCUT2D eigenvalue weighted by Crippen LogP contribution is -2.48. The molecule has 0 bridgehead atoms. The standard InChI is InChI=1S/C14H17F3N2O2/c1-9(19-11-6-4-8-18-13(11)20)10-5-2-3-7-12(10)21-14(15,16)17/h2-3,5,7,9,11,19H,4,6,8H2,1H3,(H,18,20)/t9-,11+/m0/s1. The van der Waals surface area contributed by atoms with Crippen LogP contribution in [-0.2, 0) is 4.79 Å². The monoisotopic (exact) mass is 302 g/mol. The fourth-order valence-electron chi connectivity index (χ4n) is 2.38. The zero-order valence-electron chi connectivity index (χ0n) is 11.5. The average molecular weight is 302 g/mol. The number of alkyl halides is 3. The molecule has 1 aliphatic heterocycles. The van der Waals surface area contributed by atoms with Gasteiger partial charge in [-0.1, -0.05) is 18.2 Å². The molecule has 116 valence electrons. The predicted octanol–water partition coefficient (Wildman–Crippen LogP) is 2.51. The van der Waals surface area contributed by atoms with Crippen LogP contribution in [0.3, 0.4) is 0 Å². The van der Waals surface area contributed by atoms with Gasteiger partial charge in [0.15, 0.2) is 0 Å². The number of rotatable bonds is 4. The van der Waals surface area contributed by atoms with Gasteiger partial charge in [-0.3, -0.25) is 10.1 Å². The highest BCUT2D eigenvalue weighted by molar-refractivity contribution is 5.82. The molecule has 0 saturated carbocycles. The number of halogens is 3. The van der Waals surface area contributed by atoms with Crippen molar-refractivity contribution in [2.45, 2.75) is 38.2 Å². The molecular formula is C14H17F3N2O2. The minimum atomic E-state index is -4.74. The van der Waals surface area contributed by atoms with Crippen LogP contribution in [0.2, 0.25) is 0 Å². The maximum atomic E-state index is 12.4. The van der Waals surface area contributed by atoms with E-state index < -0.39 is 18.4 Å². The van der Waals surface area contributed by atoms with Crippen molar-refractivity contribution in [3.63, 3.8) is 0 Å². The molecule has 0 unspecified atom stereocenters. The third kappa shape index (κ3) is 4.35. The van der Waals surface area contributed by atoms with Gasteiger partial charge in [-0.15, -0.1) is 13.2 Å². The van der Waals surface area contributed by atoms with Gasteiger partial charge in [0.1, 0.15) is 5.75 Å². The smallest absolute Gasteiger partial charge is 0.405 e. The van der Waals surface area contributed by atoms with Crippen molar-refractivity contribution >= 4 is 5.91 Å². The van der Waals surface area contributed by atoms with E-state index in [2.05, 4.69) is 15.4 Å². The second kappa shape index (κ2) is 6.34. The molecule has 1 aliphatic rings. The summed E-state index contributed by atoms with van der Waals surface area (Å²) >= 11 is 0. The molecule has 1 aromatic rings. The van der Waals surface area contributed by atoms with Gasteiger partial charge in [0.05, 0.1) is 6.04 Å². The highest BCUT2D eigenvalue weighted by Gasteiger charge is 2.33. The summed E-state index contributed by atoms with van der Waals surface area (Å²) in [5, 5.41) is 5.78. The van der Waals surface area contributed by atoms with Crippen LogP contribution in [0.1, 0.15) is 31.4 Å². The van der Waals surface area contributed by atoms with Crippen molar-refractivity contribution in [3.8, 4) is 5.75 Å². The van der Waals surface area contributed by atoms with Crippen molar-refractivity contribution in [2.24, 2.45) is 0 Å². The molecule has 1 amide bonds. The van der Waals surface area contributed by atoms with Crippen molar-refractivity contribution in [1.29, 1.82) is 0 Å². The van der Waals surface area contributed by atoms with E-state index in [1.54, 1.807) is 19.1 Å². The van der Waals surface area contributed by atoms with Gasteiger partial charge in [-0.25, -0.2) is 0 Å². The SMILES string of the molecule is C[C@H](N[C@@H]1CCCNC1=O)c1ccccc1OC(F)(F)F. The Labute approximate surface area is 120 Å².